The van der Waals surface area contributed by atoms with Crippen LogP contribution < -0.4 is 32.3 Å². The van der Waals surface area contributed by atoms with E-state index in [1.54, 1.807) is 23.1 Å². The van der Waals surface area contributed by atoms with Crippen molar-refractivity contribution in [3.8, 4) is 11.1 Å². The third-order valence-corrected chi connectivity index (χ3v) is 11.3. The number of rotatable bonds is 12. The van der Waals surface area contributed by atoms with Crippen LogP contribution in [0.4, 0.5) is 11.4 Å². The first-order valence-electron chi connectivity index (χ1n) is 19.4. The van der Waals surface area contributed by atoms with Gasteiger partial charge in [0.25, 0.3) is 11.8 Å². The van der Waals surface area contributed by atoms with Crippen molar-refractivity contribution in [2.75, 3.05) is 56.7 Å². The van der Waals surface area contributed by atoms with E-state index in [4.69, 9.17) is 37.0 Å². The number of allylic oxidation sites excluding steroid dienone is 1. The largest absolute Gasteiger partial charge is 0.393 e. The van der Waals surface area contributed by atoms with Crippen LogP contribution in [0, 0.1) is 5.92 Å². The van der Waals surface area contributed by atoms with Crippen LogP contribution in [0.3, 0.4) is 0 Å². The topological polar surface area (TPSA) is 189 Å². The van der Waals surface area contributed by atoms with Crippen LogP contribution in [0.15, 0.2) is 65.9 Å². The van der Waals surface area contributed by atoms with E-state index in [-0.39, 0.29) is 53.1 Å². The lowest BCUT2D eigenvalue weighted by Crippen LogP contribution is -2.60. The molecule has 2 saturated heterocycles. The Hall–Kier alpha value is -5.28. The molecule has 5 aliphatic rings. The van der Waals surface area contributed by atoms with Crippen molar-refractivity contribution in [3.05, 3.63) is 83.0 Å². The standard InChI is InChI=1S/C39H47B2N11O4/c1-3-30-35-26(19-44-52(35)24-20-51(21-24)39(40,41)31-9-5-8-28(47-31)38(55)50-14-16-56-17-15-50)25-6-4-7-27(34(25)49(30)2)46-29(33(43)37(54)45-23-12-13-23)18-32(42)48-36(53)22-10-11-22/h4-9,18-19,22-24,30,46H,3,10-17,20-21,42-43H2,1-2H3,(H,45,54)(H,48,53)/b32-18+,33-29+/t30-/m1/s1. The molecule has 3 aliphatic heterocycles. The van der Waals surface area contributed by atoms with Gasteiger partial charge in [-0.15, -0.1) is 0 Å². The second-order valence-electron chi connectivity index (χ2n) is 15.4. The van der Waals surface area contributed by atoms with Crippen molar-refractivity contribution < 1.29 is 19.1 Å². The number of ether oxygens (including phenoxy) is 1. The Morgan fingerprint density at radius 1 is 1.02 bits per heavy atom. The molecule has 17 heteroatoms. The number of likely N-dealkylation sites (tertiary alicyclic amines) is 1. The number of nitrogens with one attached hydrogen (secondary N) is 3. The molecule has 5 heterocycles. The number of nitrogens with zero attached hydrogens (tertiary/aromatic N) is 6. The number of anilines is 2. The number of benzene rings is 1. The molecule has 1 aromatic carbocycles. The van der Waals surface area contributed by atoms with Gasteiger partial charge in [0.2, 0.25) is 5.91 Å². The molecule has 0 unspecified atom stereocenters. The lowest BCUT2D eigenvalue weighted by atomic mass is 9.57. The number of para-hydroxylation sites is 1. The van der Waals surface area contributed by atoms with Crippen LogP contribution in [0.25, 0.3) is 11.1 Å². The van der Waals surface area contributed by atoms with Crippen LogP contribution in [-0.4, -0.2) is 110 Å². The van der Waals surface area contributed by atoms with Gasteiger partial charge in [-0.3, -0.25) is 19.1 Å². The zero-order valence-corrected chi connectivity index (χ0v) is 31.8. The summed E-state index contributed by atoms with van der Waals surface area (Å²) < 4.78 is 7.48. The number of hydrogen-bond acceptors (Lipinski definition) is 11. The van der Waals surface area contributed by atoms with Gasteiger partial charge < -0.3 is 46.9 Å². The Morgan fingerprint density at radius 2 is 1.75 bits per heavy atom. The number of hydrogen-bond donors (Lipinski definition) is 5. The lowest BCUT2D eigenvalue weighted by molar-refractivity contribution is -0.121. The van der Waals surface area contributed by atoms with Crippen molar-refractivity contribution >= 4 is 44.8 Å². The van der Waals surface area contributed by atoms with Crippen LogP contribution in [0.2, 0.25) is 0 Å². The predicted octanol–water partition coefficient (Wildman–Crippen LogP) is 1.51. The van der Waals surface area contributed by atoms with Crippen molar-refractivity contribution in [2.24, 2.45) is 17.4 Å². The third kappa shape index (κ3) is 7.25. The highest BCUT2D eigenvalue weighted by Gasteiger charge is 2.43. The van der Waals surface area contributed by atoms with E-state index in [2.05, 4.69) is 43.5 Å². The summed E-state index contributed by atoms with van der Waals surface area (Å²) >= 11 is 0. The molecule has 0 bridgehead atoms. The highest BCUT2D eigenvalue weighted by atomic mass is 16.5. The molecule has 2 aromatic heterocycles. The van der Waals surface area contributed by atoms with Gasteiger partial charge in [-0.2, -0.15) is 5.10 Å². The molecule has 3 amide bonds. The fourth-order valence-corrected chi connectivity index (χ4v) is 7.75. The molecule has 15 nitrogen and oxygen atoms in total. The van der Waals surface area contributed by atoms with Gasteiger partial charge in [0.15, 0.2) is 0 Å². The van der Waals surface area contributed by atoms with E-state index in [9.17, 15) is 14.4 Å². The minimum absolute atomic E-state index is 0.00743. The van der Waals surface area contributed by atoms with Crippen LogP contribution >= 0.6 is 0 Å². The minimum Gasteiger partial charge on any atom is -0.393 e. The van der Waals surface area contributed by atoms with E-state index in [0.29, 0.717) is 56.5 Å². The summed E-state index contributed by atoms with van der Waals surface area (Å²) in [6.45, 7) is 5.21. The summed E-state index contributed by atoms with van der Waals surface area (Å²) in [6.07, 6.45) is 7.66. The van der Waals surface area contributed by atoms with Gasteiger partial charge in [0.1, 0.15) is 17.2 Å². The fraction of sp³-hybridized carbons (Fsp3) is 0.462. The molecular formula is C39H47B2N11O4. The average Bonchev–Trinajstić information content (AvgIpc) is 4.13. The predicted molar refractivity (Wildman–Crippen MR) is 213 cm³/mol. The van der Waals surface area contributed by atoms with Crippen molar-refractivity contribution in [3.63, 3.8) is 0 Å². The molecule has 4 radical (unpaired) electrons. The van der Waals surface area contributed by atoms with E-state index >= 15 is 0 Å². The maximum atomic E-state index is 13.2. The van der Waals surface area contributed by atoms with Crippen molar-refractivity contribution in [1.29, 1.82) is 0 Å². The SMILES string of the molecule is [B]C([B])(c1cccc(C(=O)N2CCOCC2)n1)N1CC(n2ncc3c2[C@@H](CC)N(C)c2c(NC(/C=C(\N)NC(=O)C4CC4)=C(/N)C(=O)NC4CC4)cccc2-3)C1. The van der Waals surface area contributed by atoms with Crippen molar-refractivity contribution in [1.82, 2.24) is 35.2 Å². The Labute approximate surface area is 329 Å². The molecule has 288 valence electrons. The van der Waals surface area contributed by atoms with E-state index in [0.717, 1.165) is 54.6 Å². The van der Waals surface area contributed by atoms with Gasteiger partial charge in [0.05, 0.1) is 70.0 Å². The van der Waals surface area contributed by atoms with Gasteiger partial charge in [-0.1, -0.05) is 25.1 Å². The summed E-state index contributed by atoms with van der Waals surface area (Å²) in [5.74, 6) is -0.669. The van der Waals surface area contributed by atoms with Crippen molar-refractivity contribution in [2.45, 2.75) is 62.5 Å². The summed E-state index contributed by atoms with van der Waals surface area (Å²) in [5, 5.41) is 12.6. The van der Waals surface area contributed by atoms with Gasteiger partial charge in [-0.25, -0.2) is 4.98 Å². The first-order valence-corrected chi connectivity index (χ1v) is 19.4. The van der Waals surface area contributed by atoms with E-state index in [1.807, 2.05) is 30.3 Å². The van der Waals surface area contributed by atoms with E-state index < -0.39 is 11.2 Å². The minimum atomic E-state index is -1.40. The van der Waals surface area contributed by atoms with Gasteiger partial charge in [0, 0.05) is 68.1 Å². The normalized spacial score (nSPS) is 20.7. The fourth-order valence-electron chi connectivity index (χ4n) is 7.75. The van der Waals surface area contributed by atoms with Gasteiger partial charge >= 0.3 is 0 Å². The van der Waals surface area contributed by atoms with Gasteiger partial charge in [-0.05, 0) is 55.6 Å². The smallest absolute Gasteiger partial charge is 0.272 e. The number of fused-ring (bicyclic) bond motifs is 3. The second kappa shape index (κ2) is 15.0. The number of carbonyl (C=O) groups is 3. The number of amides is 3. The zero-order chi connectivity index (χ0) is 39.3. The highest BCUT2D eigenvalue weighted by Crippen LogP contribution is 2.50. The summed E-state index contributed by atoms with van der Waals surface area (Å²) in [5.41, 5.74) is 18.4. The molecule has 2 aliphatic carbocycles. The molecule has 56 heavy (non-hydrogen) atoms. The molecule has 1 atom stereocenters. The number of pyridine rings is 1. The quantitative estimate of drug-likeness (QED) is 0.102. The first-order chi connectivity index (χ1) is 26.9. The number of carbonyl (C=O) groups excluding carboxylic acids is 3. The summed E-state index contributed by atoms with van der Waals surface area (Å²) in [7, 11) is 15.6. The second-order valence-corrected chi connectivity index (χ2v) is 15.4. The molecule has 8 rings (SSSR count). The molecule has 0 spiro atoms. The number of morpholine rings is 1. The summed E-state index contributed by atoms with van der Waals surface area (Å²) in [4.78, 5) is 49.4. The maximum absolute atomic E-state index is 13.2. The lowest BCUT2D eigenvalue weighted by Gasteiger charge is -2.50. The first kappa shape index (κ1) is 37.6. The number of aromatic nitrogens is 3. The van der Waals surface area contributed by atoms with Crippen LogP contribution in [-0.2, 0) is 19.7 Å². The molecule has 2 saturated carbocycles. The molecule has 4 fully saturated rings. The molecule has 7 N–H and O–H groups in total. The maximum Gasteiger partial charge on any atom is 0.272 e. The Kier molecular flexibility index (Phi) is 10.1. The van der Waals surface area contributed by atoms with Crippen LogP contribution in [0.5, 0.6) is 0 Å². The van der Waals surface area contributed by atoms with E-state index in [1.165, 1.54) is 6.08 Å². The highest BCUT2D eigenvalue weighted by molar-refractivity contribution is 6.39. The number of nitrogens with two attached hydrogens (primary N) is 2. The Morgan fingerprint density at radius 3 is 2.45 bits per heavy atom. The van der Waals surface area contributed by atoms with Crippen LogP contribution in [0.1, 0.15) is 73.0 Å². The zero-order valence-electron chi connectivity index (χ0n) is 31.8. The summed E-state index contributed by atoms with van der Waals surface area (Å²) in [6, 6.07) is 11.2. The average molecular weight is 756 g/mol. The molecule has 3 aromatic rings. The third-order valence-electron chi connectivity index (χ3n) is 11.3. The Bertz CT molecular complexity index is 2100. The monoisotopic (exact) mass is 755 g/mol. The Balaban J connectivity index is 1.04. The molecular weight excluding hydrogens is 708 g/mol.